The first-order valence-corrected chi connectivity index (χ1v) is 6.67. The predicted octanol–water partition coefficient (Wildman–Crippen LogP) is 2.23. The number of halogens is 1. The van der Waals surface area contributed by atoms with Gasteiger partial charge in [0.25, 0.3) is 5.78 Å². The van der Waals surface area contributed by atoms with Crippen LogP contribution in [0.15, 0.2) is 30.6 Å². The largest absolute Gasteiger partial charge is 0.362 e. The number of hydrogen-bond donors (Lipinski definition) is 0. The molecule has 0 aliphatic rings. The van der Waals surface area contributed by atoms with Crippen LogP contribution >= 0.6 is 0 Å². The SMILES string of the molecule is Cc1nc2ncnn2c(N(C)C)c1Cc1cccc(F)c1. The lowest BCUT2D eigenvalue weighted by atomic mass is 10.0. The highest BCUT2D eigenvalue weighted by Crippen LogP contribution is 2.24. The Morgan fingerprint density at radius 3 is 2.81 bits per heavy atom. The molecule has 3 aromatic rings. The molecule has 0 atom stereocenters. The number of nitrogens with zero attached hydrogens (tertiary/aromatic N) is 5. The van der Waals surface area contributed by atoms with E-state index in [0.29, 0.717) is 12.2 Å². The van der Waals surface area contributed by atoms with E-state index in [4.69, 9.17) is 0 Å². The van der Waals surface area contributed by atoms with E-state index >= 15 is 0 Å². The molecule has 108 valence electrons. The number of fused-ring (bicyclic) bond motifs is 1. The van der Waals surface area contributed by atoms with Gasteiger partial charge in [0.05, 0.1) is 0 Å². The molecule has 2 aromatic heterocycles. The molecule has 5 nitrogen and oxygen atoms in total. The van der Waals surface area contributed by atoms with Crippen LogP contribution < -0.4 is 4.90 Å². The van der Waals surface area contributed by atoms with E-state index in [0.717, 1.165) is 22.6 Å². The van der Waals surface area contributed by atoms with E-state index in [1.165, 1.54) is 12.4 Å². The van der Waals surface area contributed by atoms with Gasteiger partial charge in [0.15, 0.2) is 0 Å². The fourth-order valence-corrected chi connectivity index (χ4v) is 2.49. The van der Waals surface area contributed by atoms with Gasteiger partial charge in [-0.25, -0.2) is 9.37 Å². The number of aryl methyl sites for hydroxylation is 1. The van der Waals surface area contributed by atoms with Crippen molar-refractivity contribution in [1.29, 1.82) is 0 Å². The summed E-state index contributed by atoms with van der Waals surface area (Å²) in [5.74, 6) is 1.25. The zero-order valence-electron chi connectivity index (χ0n) is 12.2. The lowest BCUT2D eigenvalue weighted by Gasteiger charge is -2.19. The zero-order chi connectivity index (χ0) is 15.0. The Labute approximate surface area is 122 Å². The van der Waals surface area contributed by atoms with Crippen molar-refractivity contribution in [2.45, 2.75) is 13.3 Å². The maximum Gasteiger partial charge on any atom is 0.254 e. The van der Waals surface area contributed by atoms with Gasteiger partial charge in [0.1, 0.15) is 18.0 Å². The molecule has 0 radical (unpaired) electrons. The van der Waals surface area contributed by atoms with Gasteiger partial charge < -0.3 is 4.90 Å². The monoisotopic (exact) mass is 285 g/mol. The molecule has 6 heteroatoms. The molecule has 0 saturated heterocycles. The quantitative estimate of drug-likeness (QED) is 0.740. The van der Waals surface area contributed by atoms with Crippen LogP contribution in [0.5, 0.6) is 0 Å². The van der Waals surface area contributed by atoms with Crippen LogP contribution in [0.2, 0.25) is 0 Å². The van der Waals surface area contributed by atoms with Crippen molar-refractivity contribution in [1.82, 2.24) is 19.6 Å². The molecule has 0 spiro atoms. The molecule has 1 aromatic carbocycles. The summed E-state index contributed by atoms with van der Waals surface area (Å²) in [6.45, 7) is 1.94. The van der Waals surface area contributed by atoms with Crippen molar-refractivity contribution < 1.29 is 4.39 Å². The minimum absolute atomic E-state index is 0.230. The zero-order valence-corrected chi connectivity index (χ0v) is 12.2. The van der Waals surface area contributed by atoms with Crippen LogP contribution in [0, 0.1) is 12.7 Å². The molecule has 0 unspecified atom stereocenters. The number of aromatic nitrogens is 4. The lowest BCUT2D eigenvalue weighted by molar-refractivity contribution is 0.626. The van der Waals surface area contributed by atoms with Crippen LogP contribution in [-0.2, 0) is 6.42 Å². The third kappa shape index (κ3) is 2.44. The van der Waals surface area contributed by atoms with E-state index in [9.17, 15) is 4.39 Å². The molecular weight excluding hydrogens is 269 g/mol. The van der Waals surface area contributed by atoms with Crippen LogP contribution in [0.1, 0.15) is 16.8 Å². The summed E-state index contributed by atoms with van der Waals surface area (Å²) < 4.78 is 15.1. The van der Waals surface area contributed by atoms with Crippen LogP contribution in [0.25, 0.3) is 5.78 Å². The van der Waals surface area contributed by atoms with Crippen molar-refractivity contribution in [3.05, 3.63) is 53.2 Å². The lowest BCUT2D eigenvalue weighted by Crippen LogP contribution is -2.18. The van der Waals surface area contributed by atoms with Crippen LogP contribution in [0.3, 0.4) is 0 Å². The first-order valence-electron chi connectivity index (χ1n) is 6.67. The summed E-state index contributed by atoms with van der Waals surface area (Å²) in [6, 6.07) is 6.62. The highest BCUT2D eigenvalue weighted by Gasteiger charge is 2.16. The number of benzene rings is 1. The summed E-state index contributed by atoms with van der Waals surface area (Å²) in [5.41, 5.74) is 2.80. The van der Waals surface area contributed by atoms with Crippen molar-refractivity contribution in [2.75, 3.05) is 19.0 Å². The third-order valence-corrected chi connectivity index (χ3v) is 3.40. The molecule has 0 aliphatic heterocycles. The van der Waals surface area contributed by atoms with Crippen molar-refractivity contribution in [2.24, 2.45) is 0 Å². The van der Waals surface area contributed by atoms with Gasteiger partial charge in [0.2, 0.25) is 0 Å². The molecule has 3 rings (SSSR count). The van der Waals surface area contributed by atoms with Gasteiger partial charge in [-0.2, -0.15) is 14.6 Å². The van der Waals surface area contributed by atoms with E-state index in [1.807, 2.05) is 32.0 Å². The molecule has 2 heterocycles. The number of anilines is 1. The topological polar surface area (TPSA) is 46.3 Å². The average molecular weight is 285 g/mol. The van der Waals surface area contributed by atoms with Crippen molar-refractivity contribution >= 4 is 11.6 Å². The second kappa shape index (κ2) is 5.12. The maximum atomic E-state index is 13.4. The Morgan fingerprint density at radius 1 is 1.29 bits per heavy atom. The Morgan fingerprint density at radius 2 is 2.10 bits per heavy atom. The van der Waals surface area contributed by atoms with E-state index < -0.39 is 0 Å². The molecule has 21 heavy (non-hydrogen) atoms. The third-order valence-electron chi connectivity index (χ3n) is 3.40. The minimum Gasteiger partial charge on any atom is -0.362 e. The standard InChI is InChI=1S/C15H16FN5/c1-10-13(8-11-5-4-6-12(16)7-11)14(20(2)3)21-15(19-10)17-9-18-21/h4-7,9H,8H2,1-3H3. The Kier molecular flexibility index (Phi) is 3.29. The Hall–Kier alpha value is -2.50. The molecule has 0 amide bonds. The molecule has 0 saturated carbocycles. The fourth-order valence-electron chi connectivity index (χ4n) is 2.49. The highest BCUT2D eigenvalue weighted by molar-refractivity contribution is 5.55. The van der Waals surface area contributed by atoms with E-state index in [-0.39, 0.29) is 5.82 Å². The molecule has 0 aliphatic carbocycles. The smallest absolute Gasteiger partial charge is 0.254 e. The summed E-state index contributed by atoms with van der Waals surface area (Å²) >= 11 is 0. The van der Waals surface area contributed by atoms with Gasteiger partial charge in [-0.15, -0.1) is 0 Å². The first kappa shape index (κ1) is 13.5. The summed E-state index contributed by atoms with van der Waals surface area (Å²) in [7, 11) is 3.90. The number of rotatable bonds is 3. The highest BCUT2D eigenvalue weighted by atomic mass is 19.1. The second-order valence-corrected chi connectivity index (χ2v) is 5.17. The summed E-state index contributed by atoms with van der Waals surface area (Å²) in [4.78, 5) is 10.6. The van der Waals surface area contributed by atoms with Crippen LogP contribution in [-0.4, -0.2) is 33.7 Å². The maximum absolute atomic E-state index is 13.4. The summed E-state index contributed by atoms with van der Waals surface area (Å²) in [5, 5.41) is 4.23. The van der Waals surface area contributed by atoms with Gasteiger partial charge in [0, 0.05) is 31.8 Å². The van der Waals surface area contributed by atoms with E-state index in [2.05, 4.69) is 15.1 Å². The Bertz CT molecular complexity index is 794. The normalized spacial score (nSPS) is 11.0. The second-order valence-electron chi connectivity index (χ2n) is 5.17. The van der Waals surface area contributed by atoms with Gasteiger partial charge in [-0.05, 0) is 24.6 Å². The molecule has 0 bridgehead atoms. The molecule has 0 fully saturated rings. The predicted molar refractivity (Wildman–Crippen MR) is 79.1 cm³/mol. The van der Waals surface area contributed by atoms with Gasteiger partial charge in [-0.1, -0.05) is 12.1 Å². The summed E-state index contributed by atoms with van der Waals surface area (Å²) in [6.07, 6.45) is 2.08. The van der Waals surface area contributed by atoms with E-state index in [1.54, 1.807) is 16.6 Å². The average Bonchev–Trinajstić information content (AvgIpc) is 2.86. The number of hydrogen-bond acceptors (Lipinski definition) is 4. The molecular formula is C15H16FN5. The van der Waals surface area contributed by atoms with Crippen molar-refractivity contribution in [3.8, 4) is 0 Å². The van der Waals surface area contributed by atoms with Gasteiger partial charge >= 0.3 is 0 Å². The van der Waals surface area contributed by atoms with Gasteiger partial charge in [-0.3, -0.25) is 0 Å². The van der Waals surface area contributed by atoms with Crippen LogP contribution in [0.4, 0.5) is 10.2 Å². The fraction of sp³-hybridized carbons (Fsp3) is 0.267. The van der Waals surface area contributed by atoms with Crippen molar-refractivity contribution in [3.63, 3.8) is 0 Å². The molecule has 0 N–H and O–H groups in total. The minimum atomic E-state index is -0.230. The first-order chi connectivity index (χ1) is 10.1. The Balaban J connectivity index is 2.16.